The first-order chi connectivity index (χ1) is 8.21. The molecule has 1 spiro atoms. The number of ether oxygens (including phenoxy) is 2. The standard InChI is InChI=1S/C14H25NO3/c1-10(2)11-6-14(17-7-11)8-15(9-14)12(16)18-13(3,4)5/h10-11H,6-9H2,1-5H3. The van der Waals surface area contributed by atoms with Crippen LogP contribution in [-0.2, 0) is 9.47 Å². The second kappa shape index (κ2) is 4.41. The average Bonchev–Trinajstić information content (AvgIpc) is 2.56. The van der Waals surface area contributed by atoms with Crippen LogP contribution in [0.2, 0.25) is 0 Å². The first-order valence-electron chi connectivity index (χ1n) is 6.83. The monoisotopic (exact) mass is 255 g/mol. The van der Waals surface area contributed by atoms with Gasteiger partial charge in [-0.25, -0.2) is 4.79 Å². The fourth-order valence-electron chi connectivity index (χ4n) is 2.63. The van der Waals surface area contributed by atoms with Gasteiger partial charge >= 0.3 is 6.09 Å². The molecule has 1 unspecified atom stereocenters. The fourth-order valence-corrected chi connectivity index (χ4v) is 2.63. The van der Waals surface area contributed by atoms with Crippen LogP contribution in [0.15, 0.2) is 0 Å². The third kappa shape index (κ3) is 2.79. The van der Waals surface area contributed by atoms with Gasteiger partial charge in [0.2, 0.25) is 0 Å². The van der Waals surface area contributed by atoms with E-state index in [1.165, 1.54) is 0 Å². The number of nitrogens with zero attached hydrogens (tertiary/aromatic N) is 1. The van der Waals surface area contributed by atoms with E-state index < -0.39 is 5.60 Å². The predicted octanol–water partition coefficient (Wildman–Crippen LogP) is 2.67. The molecule has 18 heavy (non-hydrogen) atoms. The van der Waals surface area contributed by atoms with E-state index in [0.717, 1.165) is 13.0 Å². The maximum absolute atomic E-state index is 11.8. The molecular formula is C14H25NO3. The van der Waals surface area contributed by atoms with Gasteiger partial charge in [0.15, 0.2) is 0 Å². The van der Waals surface area contributed by atoms with Crippen LogP contribution in [0.4, 0.5) is 4.79 Å². The molecule has 0 aliphatic carbocycles. The van der Waals surface area contributed by atoms with E-state index in [0.29, 0.717) is 24.9 Å². The summed E-state index contributed by atoms with van der Waals surface area (Å²) in [6.07, 6.45) is 0.856. The van der Waals surface area contributed by atoms with E-state index in [2.05, 4.69) is 13.8 Å². The van der Waals surface area contributed by atoms with Crippen LogP contribution in [0.3, 0.4) is 0 Å². The summed E-state index contributed by atoms with van der Waals surface area (Å²) in [5, 5.41) is 0. The minimum absolute atomic E-state index is 0.0775. The zero-order valence-corrected chi connectivity index (χ0v) is 12.2. The maximum Gasteiger partial charge on any atom is 0.410 e. The number of likely N-dealkylation sites (tertiary alicyclic amines) is 1. The zero-order chi connectivity index (χ0) is 13.6. The van der Waals surface area contributed by atoms with Crippen molar-refractivity contribution in [2.45, 2.75) is 52.2 Å². The van der Waals surface area contributed by atoms with Crippen LogP contribution in [0.25, 0.3) is 0 Å². The largest absolute Gasteiger partial charge is 0.444 e. The number of hydrogen-bond acceptors (Lipinski definition) is 3. The van der Waals surface area contributed by atoms with Crippen LogP contribution in [0.1, 0.15) is 41.0 Å². The summed E-state index contributed by atoms with van der Waals surface area (Å²) in [5.74, 6) is 1.28. The van der Waals surface area contributed by atoms with Gasteiger partial charge in [-0.2, -0.15) is 0 Å². The molecule has 2 saturated heterocycles. The second-order valence-corrected chi connectivity index (χ2v) is 7.04. The lowest BCUT2D eigenvalue weighted by molar-refractivity contribution is -0.109. The van der Waals surface area contributed by atoms with Gasteiger partial charge in [0.1, 0.15) is 11.2 Å². The van der Waals surface area contributed by atoms with E-state index in [1.807, 2.05) is 20.8 Å². The predicted molar refractivity (Wildman–Crippen MR) is 69.4 cm³/mol. The van der Waals surface area contributed by atoms with Gasteiger partial charge in [-0.3, -0.25) is 0 Å². The smallest absolute Gasteiger partial charge is 0.410 e. The van der Waals surface area contributed by atoms with Crippen molar-refractivity contribution in [2.24, 2.45) is 11.8 Å². The van der Waals surface area contributed by atoms with Crippen molar-refractivity contribution in [3.05, 3.63) is 0 Å². The first-order valence-corrected chi connectivity index (χ1v) is 6.83. The van der Waals surface area contributed by atoms with E-state index in [4.69, 9.17) is 9.47 Å². The summed E-state index contributed by atoms with van der Waals surface area (Å²) in [6, 6.07) is 0. The van der Waals surface area contributed by atoms with E-state index in [9.17, 15) is 4.79 Å². The molecule has 2 aliphatic heterocycles. The van der Waals surface area contributed by atoms with E-state index in [-0.39, 0.29) is 11.7 Å². The Bertz CT molecular complexity index is 326. The van der Waals surface area contributed by atoms with Crippen molar-refractivity contribution in [1.82, 2.24) is 4.90 Å². The number of carbonyl (C=O) groups excluding carboxylic acids is 1. The average molecular weight is 255 g/mol. The SMILES string of the molecule is CC(C)C1COC2(C1)CN(C(=O)OC(C)(C)C)C2. The molecule has 104 valence electrons. The summed E-state index contributed by atoms with van der Waals surface area (Å²) in [7, 11) is 0. The highest BCUT2D eigenvalue weighted by molar-refractivity contribution is 5.69. The van der Waals surface area contributed by atoms with Gasteiger partial charge in [0.05, 0.1) is 19.7 Å². The molecule has 0 aromatic rings. The van der Waals surface area contributed by atoms with Crippen molar-refractivity contribution >= 4 is 6.09 Å². The molecule has 0 aromatic heterocycles. The molecule has 1 amide bonds. The Kier molecular flexibility index (Phi) is 3.34. The van der Waals surface area contributed by atoms with Crippen molar-refractivity contribution in [3.8, 4) is 0 Å². The minimum Gasteiger partial charge on any atom is -0.444 e. The zero-order valence-electron chi connectivity index (χ0n) is 12.2. The highest BCUT2D eigenvalue weighted by atomic mass is 16.6. The van der Waals surface area contributed by atoms with Crippen LogP contribution in [-0.4, -0.2) is 41.9 Å². The molecule has 0 aromatic carbocycles. The quantitative estimate of drug-likeness (QED) is 0.723. The molecule has 0 N–H and O–H groups in total. The third-order valence-corrected chi connectivity index (χ3v) is 3.79. The molecule has 0 bridgehead atoms. The fraction of sp³-hybridized carbons (Fsp3) is 0.929. The minimum atomic E-state index is -0.420. The first kappa shape index (κ1) is 13.7. The highest BCUT2D eigenvalue weighted by Gasteiger charge is 2.52. The lowest BCUT2D eigenvalue weighted by Gasteiger charge is -2.47. The van der Waals surface area contributed by atoms with Gasteiger partial charge in [0, 0.05) is 0 Å². The molecule has 2 fully saturated rings. The topological polar surface area (TPSA) is 38.8 Å². The van der Waals surface area contributed by atoms with E-state index >= 15 is 0 Å². The van der Waals surface area contributed by atoms with Gasteiger partial charge < -0.3 is 14.4 Å². The lowest BCUT2D eigenvalue weighted by Crippen LogP contribution is -2.63. The number of amides is 1. The molecule has 0 radical (unpaired) electrons. The maximum atomic E-state index is 11.8. The highest BCUT2D eigenvalue weighted by Crippen LogP contribution is 2.40. The Balaban J connectivity index is 1.82. The number of rotatable bonds is 1. The molecule has 2 rings (SSSR count). The van der Waals surface area contributed by atoms with Crippen LogP contribution in [0, 0.1) is 11.8 Å². The molecule has 2 heterocycles. The molecule has 2 aliphatic rings. The summed E-state index contributed by atoms with van der Waals surface area (Å²) in [5.41, 5.74) is -0.497. The van der Waals surface area contributed by atoms with Gasteiger partial charge in [-0.15, -0.1) is 0 Å². The Morgan fingerprint density at radius 2 is 2.00 bits per heavy atom. The Morgan fingerprint density at radius 3 is 2.44 bits per heavy atom. The molecular weight excluding hydrogens is 230 g/mol. The van der Waals surface area contributed by atoms with Gasteiger partial charge in [-0.1, -0.05) is 13.8 Å². The number of hydrogen-bond donors (Lipinski definition) is 0. The lowest BCUT2D eigenvalue weighted by atomic mass is 9.83. The summed E-state index contributed by atoms with van der Waals surface area (Å²) in [6.45, 7) is 12.3. The summed E-state index contributed by atoms with van der Waals surface area (Å²) >= 11 is 0. The number of carbonyl (C=O) groups is 1. The van der Waals surface area contributed by atoms with Crippen molar-refractivity contribution in [3.63, 3.8) is 0 Å². The van der Waals surface area contributed by atoms with Crippen LogP contribution in [0.5, 0.6) is 0 Å². The molecule has 4 nitrogen and oxygen atoms in total. The second-order valence-electron chi connectivity index (χ2n) is 7.04. The summed E-state index contributed by atoms with van der Waals surface area (Å²) < 4.78 is 11.3. The molecule has 4 heteroatoms. The van der Waals surface area contributed by atoms with Crippen molar-refractivity contribution in [1.29, 1.82) is 0 Å². The summed E-state index contributed by atoms with van der Waals surface area (Å²) in [4.78, 5) is 13.6. The normalized spacial score (nSPS) is 26.6. The van der Waals surface area contributed by atoms with Crippen molar-refractivity contribution < 1.29 is 14.3 Å². The Labute approximate surface area is 110 Å². The molecule has 1 atom stereocenters. The van der Waals surface area contributed by atoms with Gasteiger partial charge in [0.25, 0.3) is 0 Å². The molecule has 0 saturated carbocycles. The van der Waals surface area contributed by atoms with E-state index in [1.54, 1.807) is 4.90 Å². The Hall–Kier alpha value is -0.770. The van der Waals surface area contributed by atoms with Crippen molar-refractivity contribution in [2.75, 3.05) is 19.7 Å². The Morgan fingerprint density at radius 1 is 1.39 bits per heavy atom. The van der Waals surface area contributed by atoms with Gasteiger partial charge in [-0.05, 0) is 39.0 Å². The van der Waals surface area contributed by atoms with Crippen LogP contribution < -0.4 is 0 Å². The van der Waals surface area contributed by atoms with Crippen LogP contribution >= 0.6 is 0 Å². The third-order valence-electron chi connectivity index (χ3n) is 3.79.